The van der Waals surface area contributed by atoms with Crippen LogP contribution in [0.4, 0.5) is 15.6 Å². The summed E-state index contributed by atoms with van der Waals surface area (Å²) in [5.41, 5.74) is 0.178. The first kappa shape index (κ1) is 26.7. The molecule has 0 saturated heterocycles. The molecule has 0 atom stereocenters. The molecule has 0 spiro atoms. The Balaban J connectivity index is 1.59. The summed E-state index contributed by atoms with van der Waals surface area (Å²) in [5, 5.41) is 14.7. The van der Waals surface area contributed by atoms with Crippen molar-refractivity contribution < 1.29 is 26.4 Å². The number of anilines is 2. The zero-order chi connectivity index (χ0) is 26.8. The minimum absolute atomic E-state index is 0.135. The Morgan fingerprint density at radius 3 is 2.54 bits per heavy atom. The fourth-order valence-electron chi connectivity index (χ4n) is 3.78. The molecule has 1 aliphatic carbocycles. The van der Waals surface area contributed by atoms with Crippen molar-refractivity contribution in [3.05, 3.63) is 29.7 Å². The SMILES string of the molecule is Cn1nnnc1S(=O)(=O)c1sc(NC(=O)Nc2cccnc2C(=O)C2CCCC2)nc1CNS(C)(=O)=O. The van der Waals surface area contributed by atoms with Crippen molar-refractivity contribution >= 4 is 53.8 Å². The molecule has 3 aromatic rings. The quantitative estimate of drug-likeness (QED) is 0.309. The van der Waals surface area contributed by atoms with Gasteiger partial charge in [0.1, 0.15) is 5.69 Å². The van der Waals surface area contributed by atoms with Crippen LogP contribution in [0.2, 0.25) is 0 Å². The second-order valence-corrected chi connectivity index (χ2v) is 13.1. The molecule has 0 unspecified atom stereocenters. The number of sulfonamides is 1. The van der Waals surface area contributed by atoms with Crippen molar-refractivity contribution in [3.63, 3.8) is 0 Å². The van der Waals surface area contributed by atoms with E-state index < -0.39 is 37.6 Å². The summed E-state index contributed by atoms with van der Waals surface area (Å²) in [4.78, 5) is 33.9. The molecule has 2 amide bonds. The van der Waals surface area contributed by atoms with Gasteiger partial charge in [-0.25, -0.2) is 36.0 Å². The van der Waals surface area contributed by atoms with Crippen LogP contribution in [0, 0.1) is 5.92 Å². The Kier molecular flexibility index (Phi) is 7.62. The molecule has 3 N–H and O–H groups in total. The summed E-state index contributed by atoms with van der Waals surface area (Å²) in [7, 11) is -6.66. The van der Waals surface area contributed by atoms with Crippen molar-refractivity contribution in [2.24, 2.45) is 13.0 Å². The molecule has 37 heavy (non-hydrogen) atoms. The highest BCUT2D eigenvalue weighted by atomic mass is 32.2. The standard InChI is InChI=1S/C19H23N9O6S3/c1-28-19(25-26-27-28)37(33,34)16-13(10-21-36(2,31)32)23-18(35-16)24-17(30)22-12-8-5-9-20-14(12)15(29)11-6-3-4-7-11/h5,8-9,11,21H,3-4,6-7,10H2,1-2H3,(H2,22,23,24,30). The zero-order valence-electron chi connectivity index (χ0n) is 19.7. The number of rotatable bonds is 9. The number of pyridine rings is 1. The topological polar surface area (TPSA) is 208 Å². The van der Waals surface area contributed by atoms with Crippen molar-refractivity contribution in [2.75, 3.05) is 16.9 Å². The van der Waals surface area contributed by atoms with E-state index >= 15 is 0 Å². The summed E-state index contributed by atoms with van der Waals surface area (Å²) >= 11 is 0.596. The summed E-state index contributed by atoms with van der Waals surface area (Å²) in [6.45, 7) is -0.457. The third-order valence-corrected chi connectivity index (χ3v) is 9.40. The van der Waals surface area contributed by atoms with Crippen molar-refractivity contribution in [3.8, 4) is 0 Å². The number of urea groups is 1. The number of amides is 2. The highest BCUT2D eigenvalue weighted by Gasteiger charge is 2.32. The number of hydrogen-bond donors (Lipinski definition) is 3. The smallest absolute Gasteiger partial charge is 0.305 e. The average Bonchev–Trinajstić information content (AvgIpc) is 3.58. The molecule has 0 aliphatic heterocycles. The van der Waals surface area contributed by atoms with Gasteiger partial charge < -0.3 is 5.32 Å². The van der Waals surface area contributed by atoms with E-state index in [0.717, 1.165) is 36.6 Å². The number of nitrogens with zero attached hydrogens (tertiary/aromatic N) is 6. The molecule has 1 aliphatic rings. The molecule has 1 saturated carbocycles. The third-order valence-electron chi connectivity index (χ3n) is 5.46. The fraction of sp³-hybridized carbons (Fsp3) is 0.421. The minimum atomic E-state index is -4.30. The summed E-state index contributed by atoms with van der Waals surface area (Å²) in [6, 6.07) is 2.31. The van der Waals surface area contributed by atoms with Gasteiger partial charge in [-0.3, -0.25) is 15.1 Å². The molecule has 0 radical (unpaired) electrons. The van der Waals surface area contributed by atoms with E-state index in [1.54, 1.807) is 6.07 Å². The fourth-order valence-corrected chi connectivity index (χ4v) is 6.91. The number of ketones is 1. The van der Waals surface area contributed by atoms with Crippen LogP contribution in [0.1, 0.15) is 41.9 Å². The number of carbonyl (C=O) groups is 2. The lowest BCUT2D eigenvalue weighted by Crippen LogP contribution is -2.23. The van der Waals surface area contributed by atoms with Gasteiger partial charge in [-0.15, -0.1) is 0 Å². The predicted molar refractivity (Wildman–Crippen MR) is 131 cm³/mol. The first-order valence-electron chi connectivity index (χ1n) is 10.9. The van der Waals surface area contributed by atoms with Crippen LogP contribution >= 0.6 is 11.3 Å². The normalized spacial score (nSPS) is 14.5. The number of tetrazole rings is 1. The van der Waals surface area contributed by atoms with Crippen molar-refractivity contribution in [1.82, 2.24) is 34.9 Å². The van der Waals surface area contributed by atoms with Gasteiger partial charge in [0.05, 0.1) is 24.2 Å². The maximum absolute atomic E-state index is 13.2. The molecule has 3 aromatic heterocycles. The summed E-state index contributed by atoms with van der Waals surface area (Å²) in [6.07, 6.45) is 5.83. The van der Waals surface area contributed by atoms with E-state index in [9.17, 15) is 26.4 Å². The number of carbonyl (C=O) groups excluding carboxylic acids is 2. The molecular formula is C19H23N9O6S3. The highest BCUT2D eigenvalue weighted by Crippen LogP contribution is 2.32. The van der Waals surface area contributed by atoms with E-state index in [-0.39, 0.29) is 38.1 Å². The Hall–Kier alpha value is -3.35. The van der Waals surface area contributed by atoms with Gasteiger partial charge in [0.25, 0.3) is 15.0 Å². The van der Waals surface area contributed by atoms with Gasteiger partial charge in [-0.2, -0.15) is 0 Å². The van der Waals surface area contributed by atoms with Gasteiger partial charge in [0, 0.05) is 19.2 Å². The van der Waals surface area contributed by atoms with Crippen LogP contribution < -0.4 is 15.4 Å². The second kappa shape index (κ2) is 10.6. The van der Waals surface area contributed by atoms with E-state index in [0.29, 0.717) is 11.3 Å². The largest absolute Gasteiger partial charge is 0.325 e. The van der Waals surface area contributed by atoms with Crippen LogP contribution in [0.3, 0.4) is 0 Å². The number of aromatic nitrogens is 6. The van der Waals surface area contributed by atoms with Gasteiger partial charge in [0.2, 0.25) is 10.0 Å². The zero-order valence-corrected chi connectivity index (χ0v) is 22.2. The van der Waals surface area contributed by atoms with Gasteiger partial charge in [0.15, 0.2) is 15.1 Å². The monoisotopic (exact) mass is 569 g/mol. The molecule has 18 heteroatoms. The van der Waals surface area contributed by atoms with Gasteiger partial charge in [-0.1, -0.05) is 29.3 Å². The highest BCUT2D eigenvalue weighted by molar-refractivity contribution is 7.93. The Morgan fingerprint density at radius 2 is 1.89 bits per heavy atom. The molecular weight excluding hydrogens is 546 g/mol. The third kappa shape index (κ3) is 6.14. The number of hydrogen-bond acceptors (Lipinski definition) is 12. The number of aryl methyl sites for hydroxylation is 1. The van der Waals surface area contributed by atoms with E-state index in [4.69, 9.17) is 0 Å². The van der Waals surface area contributed by atoms with Crippen molar-refractivity contribution in [1.29, 1.82) is 0 Å². The number of sulfone groups is 1. The molecule has 0 bridgehead atoms. The molecule has 15 nitrogen and oxygen atoms in total. The summed E-state index contributed by atoms with van der Waals surface area (Å²) in [5.74, 6) is -0.298. The molecule has 0 aromatic carbocycles. The Morgan fingerprint density at radius 1 is 1.16 bits per heavy atom. The van der Waals surface area contributed by atoms with E-state index in [1.165, 1.54) is 19.3 Å². The predicted octanol–water partition coefficient (Wildman–Crippen LogP) is 0.960. The maximum atomic E-state index is 13.2. The molecule has 198 valence electrons. The molecule has 4 rings (SSSR count). The van der Waals surface area contributed by atoms with Crippen LogP contribution in [-0.4, -0.2) is 65.1 Å². The maximum Gasteiger partial charge on any atom is 0.325 e. The van der Waals surface area contributed by atoms with Gasteiger partial charge >= 0.3 is 6.03 Å². The molecule has 3 heterocycles. The van der Waals surface area contributed by atoms with E-state index in [1.807, 2.05) is 0 Å². The first-order valence-corrected chi connectivity index (χ1v) is 15.1. The average molecular weight is 570 g/mol. The van der Waals surface area contributed by atoms with Crippen LogP contribution in [0.25, 0.3) is 0 Å². The number of thiazole rings is 1. The van der Waals surface area contributed by atoms with Crippen LogP contribution in [-0.2, 0) is 33.5 Å². The number of nitrogens with one attached hydrogen (secondary N) is 3. The van der Waals surface area contributed by atoms with Crippen molar-refractivity contribution in [2.45, 2.75) is 41.6 Å². The lowest BCUT2D eigenvalue weighted by Gasteiger charge is -2.12. The molecule has 1 fully saturated rings. The first-order chi connectivity index (χ1) is 17.5. The Labute approximate surface area is 216 Å². The minimum Gasteiger partial charge on any atom is -0.305 e. The second-order valence-electron chi connectivity index (χ2n) is 8.26. The summed E-state index contributed by atoms with van der Waals surface area (Å²) < 4.78 is 52.2. The lowest BCUT2D eigenvalue weighted by atomic mass is 9.99. The van der Waals surface area contributed by atoms with Gasteiger partial charge in [-0.05, 0) is 35.4 Å². The van der Waals surface area contributed by atoms with E-state index in [2.05, 4.69) is 40.8 Å². The Bertz CT molecular complexity index is 1540. The van der Waals surface area contributed by atoms with Crippen LogP contribution in [0.15, 0.2) is 27.7 Å². The lowest BCUT2D eigenvalue weighted by molar-refractivity contribution is 0.0918. The van der Waals surface area contributed by atoms with Crippen LogP contribution in [0.5, 0.6) is 0 Å². The number of Topliss-reactive ketones (excluding diaryl/α,β-unsaturated/α-hetero) is 1.